The molecule has 0 fully saturated rings. The summed E-state index contributed by atoms with van der Waals surface area (Å²) in [5.41, 5.74) is 2.83. The van der Waals surface area contributed by atoms with Gasteiger partial charge in [0.15, 0.2) is 0 Å². The molecular formula is C19H19ClN4O. The predicted molar refractivity (Wildman–Crippen MR) is 103 cm³/mol. The van der Waals surface area contributed by atoms with Crippen molar-refractivity contribution in [1.29, 1.82) is 0 Å². The number of rotatable bonds is 5. The molecular weight excluding hydrogens is 336 g/mol. The second kappa shape index (κ2) is 7.40. The summed E-state index contributed by atoms with van der Waals surface area (Å²) in [6.45, 7) is 3.82. The molecule has 0 spiro atoms. The normalized spacial score (nSPS) is 10.4. The molecule has 3 rings (SSSR count). The van der Waals surface area contributed by atoms with E-state index in [0.717, 1.165) is 22.7 Å². The van der Waals surface area contributed by atoms with E-state index in [0.29, 0.717) is 22.5 Å². The molecule has 0 aliphatic carbocycles. The van der Waals surface area contributed by atoms with E-state index < -0.39 is 0 Å². The van der Waals surface area contributed by atoms with Crippen molar-refractivity contribution in [2.24, 2.45) is 0 Å². The van der Waals surface area contributed by atoms with Crippen LogP contribution in [0.2, 0.25) is 5.02 Å². The number of ether oxygens (including phenoxy) is 1. The maximum absolute atomic E-state index is 6.18. The van der Waals surface area contributed by atoms with Gasteiger partial charge in [-0.1, -0.05) is 17.7 Å². The molecule has 0 atom stereocenters. The SMILES string of the molecule is COc1ccc(Nc2cc(Nc3ccc(C)c(Cl)c3)nc(C)n2)cc1. The molecule has 6 heteroatoms. The molecule has 0 saturated heterocycles. The van der Waals surface area contributed by atoms with Crippen LogP contribution in [0.25, 0.3) is 0 Å². The number of anilines is 4. The molecule has 0 radical (unpaired) electrons. The smallest absolute Gasteiger partial charge is 0.136 e. The minimum Gasteiger partial charge on any atom is -0.497 e. The molecule has 1 heterocycles. The van der Waals surface area contributed by atoms with Gasteiger partial charge in [-0.2, -0.15) is 0 Å². The lowest BCUT2D eigenvalue weighted by molar-refractivity contribution is 0.415. The van der Waals surface area contributed by atoms with Crippen LogP contribution in [0.4, 0.5) is 23.0 Å². The fourth-order valence-corrected chi connectivity index (χ4v) is 2.52. The number of methoxy groups -OCH3 is 1. The summed E-state index contributed by atoms with van der Waals surface area (Å²) in [5, 5.41) is 7.25. The van der Waals surface area contributed by atoms with Crippen molar-refractivity contribution < 1.29 is 4.74 Å². The van der Waals surface area contributed by atoms with Crippen molar-refractivity contribution in [1.82, 2.24) is 9.97 Å². The first-order valence-electron chi connectivity index (χ1n) is 7.83. The van der Waals surface area contributed by atoms with E-state index in [1.165, 1.54) is 0 Å². The van der Waals surface area contributed by atoms with Crippen molar-refractivity contribution in [3.8, 4) is 5.75 Å². The molecule has 3 aromatic rings. The maximum atomic E-state index is 6.18. The highest BCUT2D eigenvalue weighted by molar-refractivity contribution is 6.31. The summed E-state index contributed by atoms with van der Waals surface area (Å²) in [6.07, 6.45) is 0. The monoisotopic (exact) mass is 354 g/mol. The Balaban J connectivity index is 1.80. The summed E-state index contributed by atoms with van der Waals surface area (Å²) in [5.74, 6) is 2.88. The van der Waals surface area contributed by atoms with E-state index in [1.807, 2.05) is 62.4 Å². The quantitative estimate of drug-likeness (QED) is 0.656. The van der Waals surface area contributed by atoms with Gasteiger partial charge in [-0.3, -0.25) is 0 Å². The standard InChI is InChI=1S/C19H19ClN4O/c1-12-4-5-15(10-17(12)20)24-19-11-18(21-13(2)22-19)23-14-6-8-16(25-3)9-7-14/h4-11H,1-3H3,(H2,21,22,23,24). The molecule has 0 aliphatic rings. The lowest BCUT2D eigenvalue weighted by Gasteiger charge is -2.11. The van der Waals surface area contributed by atoms with Crippen LogP contribution in [-0.2, 0) is 0 Å². The third-order valence-corrected chi connectivity index (χ3v) is 4.05. The molecule has 25 heavy (non-hydrogen) atoms. The molecule has 1 aromatic heterocycles. The highest BCUT2D eigenvalue weighted by Crippen LogP contribution is 2.24. The number of benzene rings is 2. The lowest BCUT2D eigenvalue weighted by atomic mass is 10.2. The number of aryl methyl sites for hydroxylation is 2. The predicted octanol–water partition coefficient (Wildman–Crippen LogP) is 5.24. The summed E-state index contributed by atoms with van der Waals surface area (Å²) >= 11 is 6.18. The molecule has 5 nitrogen and oxygen atoms in total. The Morgan fingerprint density at radius 1 is 0.840 bits per heavy atom. The Hall–Kier alpha value is -2.79. The van der Waals surface area contributed by atoms with E-state index in [1.54, 1.807) is 7.11 Å². The maximum Gasteiger partial charge on any atom is 0.136 e. The fraction of sp³-hybridized carbons (Fsp3) is 0.158. The third kappa shape index (κ3) is 4.39. The summed E-state index contributed by atoms with van der Waals surface area (Å²) < 4.78 is 5.17. The average molecular weight is 355 g/mol. The van der Waals surface area contributed by atoms with Crippen molar-refractivity contribution >= 4 is 34.6 Å². The Bertz CT molecular complexity index is 881. The van der Waals surface area contributed by atoms with Crippen LogP contribution in [0.15, 0.2) is 48.5 Å². The van der Waals surface area contributed by atoms with Gasteiger partial charge in [-0.25, -0.2) is 9.97 Å². The van der Waals surface area contributed by atoms with Gasteiger partial charge in [0.1, 0.15) is 23.2 Å². The van der Waals surface area contributed by atoms with Crippen molar-refractivity contribution in [3.05, 3.63) is 64.9 Å². The highest BCUT2D eigenvalue weighted by atomic mass is 35.5. The van der Waals surface area contributed by atoms with Crippen LogP contribution in [0, 0.1) is 13.8 Å². The molecule has 2 N–H and O–H groups in total. The van der Waals surface area contributed by atoms with Crippen LogP contribution in [0.3, 0.4) is 0 Å². The number of halogens is 1. The average Bonchev–Trinajstić information content (AvgIpc) is 2.58. The van der Waals surface area contributed by atoms with Gasteiger partial charge in [0.05, 0.1) is 7.11 Å². The zero-order chi connectivity index (χ0) is 17.8. The molecule has 128 valence electrons. The van der Waals surface area contributed by atoms with E-state index in [4.69, 9.17) is 16.3 Å². The summed E-state index contributed by atoms with van der Waals surface area (Å²) in [6, 6.07) is 15.3. The lowest BCUT2D eigenvalue weighted by Crippen LogP contribution is -2.01. The molecule has 2 aromatic carbocycles. The Kier molecular flexibility index (Phi) is 5.05. The van der Waals surface area contributed by atoms with Crippen LogP contribution in [0.5, 0.6) is 5.75 Å². The van der Waals surface area contributed by atoms with E-state index in [-0.39, 0.29) is 0 Å². The second-order valence-corrected chi connectivity index (χ2v) is 6.04. The van der Waals surface area contributed by atoms with E-state index in [9.17, 15) is 0 Å². The Morgan fingerprint density at radius 2 is 1.44 bits per heavy atom. The zero-order valence-corrected chi connectivity index (χ0v) is 15.1. The number of hydrogen-bond donors (Lipinski definition) is 2. The fourth-order valence-electron chi connectivity index (χ4n) is 2.34. The molecule has 0 aliphatic heterocycles. The molecule has 0 amide bonds. The first-order chi connectivity index (χ1) is 12.0. The van der Waals surface area contributed by atoms with Gasteiger partial charge in [-0.05, 0) is 55.8 Å². The van der Waals surface area contributed by atoms with Crippen LogP contribution in [-0.4, -0.2) is 17.1 Å². The molecule has 0 saturated carbocycles. The van der Waals surface area contributed by atoms with Crippen molar-refractivity contribution in [2.75, 3.05) is 17.7 Å². The molecule has 0 bridgehead atoms. The number of nitrogens with zero attached hydrogens (tertiary/aromatic N) is 2. The third-order valence-electron chi connectivity index (χ3n) is 3.64. The van der Waals surface area contributed by atoms with Gasteiger partial charge >= 0.3 is 0 Å². The van der Waals surface area contributed by atoms with Gasteiger partial charge in [0.2, 0.25) is 0 Å². The minimum atomic E-state index is 0.666. The van der Waals surface area contributed by atoms with Gasteiger partial charge in [-0.15, -0.1) is 0 Å². The van der Waals surface area contributed by atoms with Crippen molar-refractivity contribution in [3.63, 3.8) is 0 Å². The number of aromatic nitrogens is 2. The van der Waals surface area contributed by atoms with Crippen LogP contribution >= 0.6 is 11.6 Å². The van der Waals surface area contributed by atoms with Crippen molar-refractivity contribution in [2.45, 2.75) is 13.8 Å². The molecule has 0 unspecified atom stereocenters. The second-order valence-electron chi connectivity index (χ2n) is 5.63. The number of nitrogens with one attached hydrogen (secondary N) is 2. The van der Waals surface area contributed by atoms with E-state index in [2.05, 4.69) is 20.6 Å². The van der Waals surface area contributed by atoms with Crippen LogP contribution in [0.1, 0.15) is 11.4 Å². The minimum absolute atomic E-state index is 0.666. The summed E-state index contributed by atoms with van der Waals surface area (Å²) in [4.78, 5) is 8.85. The number of hydrogen-bond acceptors (Lipinski definition) is 5. The van der Waals surface area contributed by atoms with Crippen LogP contribution < -0.4 is 15.4 Å². The first-order valence-corrected chi connectivity index (χ1v) is 8.21. The summed E-state index contributed by atoms with van der Waals surface area (Å²) in [7, 11) is 1.64. The van der Waals surface area contributed by atoms with E-state index >= 15 is 0 Å². The van der Waals surface area contributed by atoms with Gasteiger partial charge in [0, 0.05) is 22.5 Å². The highest BCUT2D eigenvalue weighted by Gasteiger charge is 2.05. The van der Waals surface area contributed by atoms with Gasteiger partial charge < -0.3 is 15.4 Å². The van der Waals surface area contributed by atoms with Gasteiger partial charge in [0.25, 0.3) is 0 Å². The Morgan fingerprint density at radius 3 is 2.04 bits per heavy atom. The largest absolute Gasteiger partial charge is 0.497 e. The topological polar surface area (TPSA) is 59.1 Å². The first kappa shape index (κ1) is 17.0. The Labute approximate surface area is 152 Å². The zero-order valence-electron chi connectivity index (χ0n) is 14.3.